The van der Waals surface area contributed by atoms with Crippen molar-refractivity contribution in [3.05, 3.63) is 52.7 Å². The van der Waals surface area contributed by atoms with E-state index in [1.54, 1.807) is 6.07 Å². The van der Waals surface area contributed by atoms with Crippen molar-refractivity contribution in [1.82, 2.24) is 24.6 Å². The van der Waals surface area contributed by atoms with Gasteiger partial charge in [-0.05, 0) is 12.1 Å². The van der Waals surface area contributed by atoms with E-state index in [9.17, 15) is 9.59 Å². The number of nitrogen functional groups attached to an aromatic ring is 1. The molecule has 9 heteroatoms. The lowest BCUT2D eigenvalue weighted by Gasteiger charge is -1.96. The molecule has 1 amide bonds. The maximum atomic E-state index is 12.0. The zero-order valence-electron chi connectivity index (χ0n) is 10.2. The molecule has 0 aliphatic heterocycles. The van der Waals surface area contributed by atoms with Crippen LogP contribution in [0.3, 0.4) is 0 Å². The fraction of sp³-hybridized carbons (Fsp3) is 0.0909. The van der Waals surface area contributed by atoms with Crippen molar-refractivity contribution in [2.24, 2.45) is 5.84 Å². The van der Waals surface area contributed by atoms with E-state index in [1.807, 2.05) is 5.43 Å². The van der Waals surface area contributed by atoms with Gasteiger partial charge in [0.1, 0.15) is 12.3 Å². The van der Waals surface area contributed by atoms with E-state index in [2.05, 4.69) is 10.1 Å². The molecule has 0 bridgehead atoms. The van der Waals surface area contributed by atoms with Gasteiger partial charge < -0.3 is 4.42 Å². The lowest BCUT2D eigenvalue weighted by atomic mass is 10.4. The highest BCUT2D eigenvalue weighted by Crippen LogP contribution is 2.08. The first-order valence-electron chi connectivity index (χ1n) is 5.68. The molecule has 0 fully saturated rings. The molecule has 3 aromatic rings. The highest BCUT2D eigenvalue weighted by Gasteiger charge is 2.12. The third-order valence-electron chi connectivity index (χ3n) is 2.71. The third-order valence-corrected chi connectivity index (χ3v) is 2.71. The number of hydrogen-bond acceptors (Lipinski definition) is 6. The number of nitrogens with two attached hydrogens (primary N) is 1. The Morgan fingerprint density at radius 1 is 1.45 bits per heavy atom. The van der Waals surface area contributed by atoms with E-state index in [1.165, 1.54) is 33.7 Å². The van der Waals surface area contributed by atoms with Crippen molar-refractivity contribution < 1.29 is 9.21 Å². The Kier molecular flexibility index (Phi) is 2.80. The lowest BCUT2D eigenvalue weighted by Crippen LogP contribution is -2.29. The quantitative estimate of drug-likeness (QED) is 0.364. The van der Waals surface area contributed by atoms with Crippen molar-refractivity contribution in [2.45, 2.75) is 6.54 Å². The number of carbonyl (C=O) groups excluding carboxylic acids is 1. The van der Waals surface area contributed by atoms with Gasteiger partial charge in [-0.1, -0.05) is 0 Å². The molecule has 0 radical (unpaired) electrons. The molecule has 0 atom stereocenters. The minimum absolute atomic E-state index is 0.0704. The number of hydrazine groups is 1. The van der Waals surface area contributed by atoms with Crippen LogP contribution < -0.4 is 17.0 Å². The first kappa shape index (κ1) is 12.1. The Morgan fingerprint density at radius 2 is 2.30 bits per heavy atom. The number of rotatable bonds is 3. The first-order valence-corrected chi connectivity index (χ1v) is 5.68. The number of furan rings is 1. The summed E-state index contributed by atoms with van der Waals surface area (Å²) in [5.41, 5.74) is 2.08. The number of aromatic nitrogens is 4. The normalized spacial score (nSPS) is 10.8. The fourth-order valence-corrected chi connectivity index (χ4v) is 1.79. The van der Waals surface area contributed by atoms with Crippen LogP contribution in [-0.4, -0.2) is 25.1 Å². The van der Waals surface area contributed by atoms with Gasteiger partial charge in [-0.3, -0.25) is 15.2 Å². The van der Waals surface area contributed by atoms with Gasteiger partial charge >= 0.3 is 11.6 Å². The molecule has 20 heavy (non-hydrogen) atoms. The second-order valence-corrected chi connectivity index (χ2v) is 3.98. The Balaban J connectivity index is 1.93. The van der Waals surface area contributed by atoms with E-state index < -0.39 is 5.91 Å². The molecule has 0 spiro atoms. The second-order valence-electron chi connectivity index (χ2n) is 3.98. The van der Waals surface area contributed by atoms with Gasteiger partial charge in [0.15, 0.2) is 11.4 Å². The predicted octanol–water partition coefficient (Wildman–Crippen LogP) is -0.864. The summed E-state index contributed by atoms with van der Waals surface area (Å²) in [7, 11) is 0. The maximum absolute atomic E-state index is 12.0. The van der Waals surface area contributed by atoms with Gasteiger partial charge in [-0.25, -0.2) is 19.7 Å². The number of amides is 1. The monoisotopic (exact) mass is 274 g/mol. The number of nitrogens with one attached hydrogen (secondary N) is 1. The van der Waals surface area contributed by atoms with Crippen molar-refractivity contribution in [1.29, 1.82) is 0 Å². The summed E-state index contributed by atoms with van der Waals surface area (Å²) in [5.74, 6) is 4.95. The summed E-state index contributed by atoms with van der Waals surface area (Å²) in [6.45, 7) is 0.109. The summed E-state index contributed by atoms with van der Waals surface area (Å²) in [4.78, 5) is 27.2. The molecular weight excluding hydrogens is 264 g/mol. The van der Waals surface area contributed by atoms with Gasteiger partial charge in [0, 0.05) is 12.4 Å². The Morgan fingerprint density at radius 3 is 3.05 bits per heavy atom. The van der Waals surface area contributed by atoms with E-state index in [0.29, 0.717) is 11.4 Å². The Bertz CT molecular complexity index is 830. The highest BCUT2D eigenvalue weighted by molar-refractivity contribution is 5.90. The molecule has 0 aliphatic rings. The Hall–Kier alpha value is -2.94. The molecule has 0 saturated heterocycles. The van der Waals surface area contributed by atoms with Crippen LogP contribution in [0, 0.1) is 0 Å². The van der Waals surface area contributed by atoms with E-state index in [4.69, 9.17) is 10.3 Å². The SMILES string of the molecule is NNC(=O)c1ccc(Cn2nc3cnccn3c2=O)o1. The number of nitrogens with zero attached hydrogens (tertiary/aromatic N) is 4. The van der Waals surface area contributed by atoms with E-state index >= 15 is 0 Å². The molecule has 0 aliphatic carbocycles. The molecular formula is C11H10N6O3. The van der Waals surface area contributed by atoms with Crippen LogP contribution in [0.1, 0.15) is 16.3 Å². The third kappa shape index (κ3) is 1.95. The zero-order valence-corrected chi connectivity index (χ0v) is 10.2. The van der Waals surface area contributed by atoms with Crippen LogP contribution in [0.25, 0.3) is 5.65 Å². The maximum Gasteiger partial charge on any atom is 0.350 e. The van der Waals surface area contributed by atoms with E-state index in [0.717, 1.165) is 0 Å². The topological polar surface area (TPSA) is 120 Å². The predicted molar refractivity (Wildman–Crippen MR) is 66.7 cm³/mol. The van der Waals surface area contributed by atoms with Crippen LogP contribution in [0.4, 0.5) is 0 Å². The summed E-state index contributed by atoms with van der Waals surface area (Å²) >= 11 is 0. The van der Waals surface area contributed by atoms with Crippen LogP contribution >= 0.6 is 0 Å². The summed E-state index contributed by atoms with van der Waals surface area (Å²) in [5, 5.41) is 4.10. The van der Waals surface area contributed by atoms with Gasteiger partial charge in [0.2, 0.25) is 0 Å². The fourth-order valence-electron chi connectivity index (χ4n) is 1.79. The standard InChI is InChI=1S/C11H10N6O3/c12-14-10(18)8-2-1-7(20-8)6-17-11(19)16-4-3-13-5-9(16)15-17/h1-5H,6,12H2,(H,14,18). The molecule has 3 rings (SSSR count). The van der Waals surface area contributed by atoms with Crippen LogP contribution in [0.15, 0.2) is 39.9 Å². The van der Waals surface area contributed by atoms with Crippen LogP contribution in [-0.2, 0) is 6.54 Å². The van der Waals surface area contributed by atoms with Crippen molar-refractivity contribution >= 4 is 11.6 Å². The average Bonchev–Trinajstić information content (AvgIpc) is 3.05. The summed E-state index contributed by atoms with van der Waals surface area (Å²) in [6, 6.07) is 3.05. The molecule has 3 heterocycles. The van der Waals surface area contributed by atoms with Crippen LogP contribution in [0.2, 0.25) is 0 Å². The van der Waals surface area contributed by atoms with E-state index in [-0.39, 0.29) is 18.0 Å². The molecule has 0 aromatic carbocycles. The van der Waals surface area contributed by atoms with Gasteiger partial charge in [-0.15, -0.1) is 5.10 Å². The Labute approximate surface area is 111 Å². The van der Waals surface area contributed by atoms with Gasteiger partial charge in [0.25, 0.3) is 0 Å². The average molecular weight is 274 g/mol. The van der Waals surface area contributed by atoms with Crippen molar-refractivity contribution in [3.63, 3.8) is 0 Å². The van der Waals surface area contributed by atoms with Gasteiger partial charge in [0.05, 0.1) is 6.20 Å². The lowest BCUT2D eigenvalue weighted by molar-refractivity contribution is 0.0924. The molecule has 102 valence electrons. The largest absolute Gasteiger partial charge is 0.454 e. The minimum Gasteiger partial charge on any atom is -0.454 e. The van der Waals surface area contributed by atoms with Crippen molar-refractivity contribution in [2.75, 3.05) is 0 Å². The molecule has 3 N–H and O–H groups in total. The van der Waals surface area contributed by atoms with Crippen LogP contribution in [0.5, 0.6) is 0 Å². The smallest absolute Gasteiger partial charge is 0.350 e. The zero-order chi connectivity index (χ0) is 14.1. The molecule has 9 nitrogen and oxygen atoms in total. The molecule has 0 unspecified atom stereocenters. The summed E-state index contributed by atoms with van der Waals surface area (Å²) < 4.78 is 7.86. The molecule has 3 aromatic heterocycles. The molecule has 0 saturated carbocycles. The first-order chi connectivity index (χ1) is 9.69. The highest BCUT2D eigenvalue weighted by atomic mass is 16.4. The number of carbonyl (C=O) groups is 1. The van der Waals surface area contributed by atoms with Gasteiger partial charge in [-0.2, -0.15) is 0 Å². The summed E-state index contributed by atoms with van der Waals surface area (Å²) in [6.07, 6.45) is 4.50. The van der Waals surface area contributed by atoms with Crippen molar-refractivity contribution in [3.8, 4) is 0 Å². The number of fused-ring (bicyclic) bond motifs is 1. The minimum atomic E-state index is -0.539. The second kappa shape index (κ2) is 4.63. The number of hydrogen-bond donors (Lipinski definition) is 2.